The second kappa shape index (κ2) is 9.56. The Labute approximate surface area is 200 Å². The van der Waals surface area contributed by atoms with E-state index in [1.807, 2.05) is 0 Å². The lowest BCUT2D eigenvalue weighted by Gasteiger charge is -2.27. The number of ether oxygens (including phenoxy) is 2. The van der Waals surface area contributed by atoms with Gasteiger partial charge in [0.15, 0.2) is 11.4 Å². The molecule has 182 valence electrons. The zero-order valence-corrected chi connectivity index (χ0v) is 19.9. The van der Waals surface area contributed by atoms with Crippen LogP contribution in [0.2, 0.25) is 0 Å². The topological polar surface area (TPSA) is 149 Å². The number of methoxy groups -OCH3 is 1. The number of rotatable bonds is 7. The quantitative estimate of drug-likeness (QED) is 0.289. The predicted octanol–water partition coefficient (Wildman–Crippen LogP) is 2.55. The number of nitrogens with zero attached hydrogens (tertiary/aromatic N) is 5. The van der Waals surface area contributed by atoms with Crippen LogP contribution in [-0.4, -0.2) is 46.6 Å². The van der Waals surface area contributed by atoms with E-state index >= 15 is 0 Å². The minimum Gasteiger partial charge on any atom is -0.497 e. The van der Waals surface area contributed by atoms with Gasteiger partial charge in [0.25, 0.3) is 10.0 Å². The van der Waals surface area contributed by atoms with E-state index in [0.29, 0.717) is 28.0 Å². The van der Waals surface area contributed by atoms with Crippen LogP contribution in [0.15, 0.2) is 59.9 Å². The highest BCUT2D eigenvalue weighted by molar-refractivity contribution is 7.92. The molecular formula is C22H22N6O6S. The van der Waals surface area contributed by atoms with Crippen LogP contribution in [0.25, 0.3) is 11.0 Å². The van der Waals surface area contributed by atoms with Crippen molar-refractivity contribution in [1.29, 1.82) is 0 Å². The zero-order valence-electron chi connectivity index (χ0n) is 19.0. The number of pyridine rings is 2. The van der Waals surface area contributed by atoms with Gasteiger partial charge in [-0.05, 0) is 48.9 Å². The number of nitrogens with one attached hydrogen (secondary N) is 1. The summed E-state index contributed by atoms with van der Waals surface area (Å²) >= 11 is 0. The number of hydrogen-bond donors (Lipinski definition) is 2. The number of carbonyl (C=O) groups excluding carboxylic acids is 1. The van der Waals surface area contributed by atoms with E-state index < -0.39 is 16.1 Å². The Hall–Kier alpha value is -4.23. The third-order valence-electron chi connectivity index (χ3n) is 5.23. The summed E-state index contributed by atoms with van der Waals surface area (Å²) in [5.41, 5.74) is 2.88. The van der Waals surface area contributed by atoms with Crippen molar-refractivity contribution >= 4 is 32.8 Å². The molecule has 0 fully saturated rings. The lowest BCUT2D eigenvalue weighted by atomic mass is 10.2. The maximum atomic E-state index is 14.0. The van der Waals surface area contributed by atoms with Crippen LogP contribution in [-0.2, 0) is 23.6 Å². The van der Waals surface area contributed by atoms with Gasteiger partial charge in [-0.2, -0.15) is 5.10 Å². The first-order valence-electron chi connectivity index (χ1n) is 10.3. The first kappa shape index (κ1) is 23.9. The van der Waals surface area contributed by atoms with Crippen LogP contribution < -0.4 is 19.3 Å². The third kappa shape index (κ3) is 4.58. The number of fused-ring (bicyclic) bond motifs is 1. The Kier molecular flexibility index (Phi) is 6.53. The number of aromatic nitrogens is 4. The molecule has 35 heavy (non-hydrogen) atoms. The molecule has 1 aromatic carbocycles. The van der Waals surface area contributed by atoms with Gasteiger partial charge in [0.05, 0.1) is 35.8 Å². The molecule has 0 aliphatic rings. The first-order chi connectivity index (χ1) is 16.8. The second-order valence-electron chi connectivity index (χ2n) is 7.42. The Morgan fingerprint density at radius 1 is 1.17 bits per heavy atom. The Morgan fingerprint density at radius 3 is 2.49 bits per heavy atom. The summed E-state index contributed by atoms with van der Waals surface area (Å²) in [7, 11) is -1.08. The molecule has 0 bridgehead atoms. The van der Waals surface area contributed by atoms with Crippen molar-refractivity contribution in [2.24, 2.45) is 7.05 Å². The monoisotopic (exact) mass is 498 g/mol. The van der Waals surface area contributed by atoms with Crippen molar-refractivity contribution < 1.29 is 27.9 Å². The van der Waals surface area contributed by atoms with Crippen LogP contribution in [0, 0.1) is 6.92 Å². The summed E-state index contributed by atoms with van der Waals surface area (Å²) in [6.07, 6.45) is 3.08. The highest BCUT2D eigenvalue weighted by Crippen LogP contribution is 2.40. The minimum absolute atomic E-state index is 0.0172. The summed E-state index contributed by atoms with van der Waals surface area (Å²) in [6, 6.07) is 9.25. The molecule has 0 aliphatic carbocycles. The number of hydroxylamine groups is 1. The zero-order chi connectivity index (χ0) is 25.2. The van der Waals surface area contributed by atoms with Crippen LogP contribution >= 0.6 is 0 Å². The van der Waals surface area contributed by atoms with Gasteiger partial charge in [-0.3, -0.25) is 19.2 Å². The van der Waals surface area contributed by atoms with Gasteiger partial charge in [0, 0.05) is 19.4 Å². The maximum Gasteiger partial charge on any atom is 0.436 e. The lowest BCUT2D eigenvalue weighted by molar-refractivity contribution is 0.127. The molecule has 0 saturated heterocycles. The first-order valence-corrected chi connectivity index (χ1v) is 11.7. The molecule has 0 aliphatic heterocycles. The predicted molar refractivity (Wildman–Crippen MR) is 125 cm³/mol. The minimum atomic E-state index is -4.22. The number of benzene rings is 1. The van der Waals surface area contributed by atoms with E-state index in [2.05, 4.69) is 15.1 Å². The van der Waals surface area contributed by atoms with Gasteiger partial charge in [-0.25, -0.2) is 23.7 Å². The number of anilines is 1. The molecule has 0 saturated carbocycles. The van der Waals surface area contributed by atoms with Crippen molar-refractivity contribution in [3.05, 3.63) is 66.2 Å². The Morgan fingerprint density at radius 2 is 1.86 bits per heavy atom. The average Bonchev–Trinajstić information content (AvgIpc) is 3.16. The van der Waals surface area contributed by atoms with Gasteiger partial charge in [0.2, 0.25) is 0 Å². The molecule has 3 aromatic heterocycles. The van der Waals surface area contributed by atoms with Crippen molar-refractivity contribution in [3.8, 4) is 11.5 Å². The van der Waals surface area contributed by atoms with Crippen LogP contribution in [0.5, 0.6) is 11.5 Å². The number of hydrogen-bond acceptors (Lipinski definition) is 9. The number of amides is 1. The van der Waals surface area contributed by atoms with E-state index in [9.17, 15) is 13.2 Å². The summed E-state index contributed by atoms with van der Waals surface area (Å²) in [5.74, 6) is 0.300. The van der Waals surface area contributed by atoms with Gasteiger partial charge in [0.1, 0.15) is 11.4 Å². The fourth-order valence-corrected chi connectivity index (χ4v) is 5.11. The maximum absolute atomic E-state index is 14.0. The average molecular weight is 499 g/mol. The van der Waals surface area contributed by atoms with Gasteiger partial charge in [-0.1, -0.05) is 0 Å². The molecule has 2 N–H and O–H groups in total. The van der Waals surface area contributed by atoms with Gasteiger partial charge in [-0.15, -0.1) is 0 Å². The van der Waals surface area contributed by atoms with E-state index in [1.54, 1.807) is 38.5 Å². The molecule has 3 heterocycles. The standard InChI is InChI=1S/C22H22N6O6S/c1-14-19-20(18(34-22(29)26-30)12-24-21(19)27(2)25-14)28(13-15-8-10-23-11-9-15)35(31,32)17-6-4-16(33-3)5-7-17/h4-12,30H,13H2,1-3H3,(H,26,29). The summed E-state index contributed by atoms with van der Waals surface area (Å²) in [4.78, 5) is 20.2. The number of sulfonamides is 1. The largest absolute Gasteiger partial charge is 0.497 e. The third-order valence-corrected chi connectivity index (χ3v) is 6.99. The Bertz CT molecular complexity index is 1470. The van der Waals surface area contributed by atoms with Crippen LogP contribution in [0.1, 0.15) is 11.3 Å². The molecule has 0 atom stereocenters. The van der Waals surface area contributed by atoms with Crippen molar-refractivity contribution in [2.45, 2.75) is 18.4 Å². The van der Waals surface area contributed by atoms with Crippen LogP contribution in [0.4, 0.5) is 10.5 Å². The smallest absolute Gasteiger partial charge is 0.436 e. The molecule has 0 radical (unpaired) electrons. The van der Waals surface area contributed by atoms with E-state index in [0.717, 1.165) is 4.31 Å². The molecule has 1 amide bonds. The number of carbonyl (C=O) groups is 1. The highest BCUT2D eigenvalue weighted by Gasteiger charge is 2.32. The summed E-state index contributed by atoms with van der Waals surface area (Å²) in [5, 5.41) is 13.7. The fourth-order valence-electron chi connectivity index (χ4n) is 3.63. The highest BCUT2D eigenvalue weighted by atomic mass is 32.2. The molecule has 12 nitrogen and oxygen atoms in total. The van der Waals surface area contributed by atoms with E-state index in [-0.39, 0.29) is 22.9 Å². The van der Waals surface area contributed by atoms with Crippen LogP contribution in [0.3, 0.4) is 0 Å². The summed E-state index contributed by atoms with van der Waals surface area (Å²) < 4.78 is 41.0. The molecular weight excluding hydrogens is 476 g/mol. The fraction of sp³-hybridized carbons (Fsp3) is 0.182. The normalized spacial score (nSPS) is 11.3. The lowest BCUT2D eigenvalue weighted by Crippen LogP contribution is -2.32. The van der Waals surface area contributed by atoms with Gasteiger partial charge >= 0.3 is 6.09 Å². The van der Waals surface area contributed by atoms with Crippen molar-refractivity contribution in [3.63, 3.8) is 0 Å². The van der Waals surface area contributed by atoms with Gasteiger partial charge < -0.3 is 9.47 Å². The van der Waals surface area contributed by atoms with E-state index in [4.69, 9.17) is 14.7 Å². The molecule has 4 rings (SSSR count). The molecule has 13 heteroatoms. The molecule has 4 aromatic rings. The van der Waals surface area contributed by atoms with Crippen molar-refractivity contribution in [2.75, 3.05) is 11.4 Å². The van der Waals surface area contributed by atoms with E-state index in [1.165, 1.54) is 47.7 Å². The Balaban J connectivity index is 2.00. The molecule has 0 unspecified atom stereocenters. The summed E-state index contributed by atoms with van der Waals surface area (Å²) in [6.45, 7) is 1.56. The van der Waals surface area contributed by atoms with Crippen molar-refractivity contribution in [1.82, 2.24) is 25.2 Å². The second-order valence-corrected chi connectivity index (χ2v) is 9.28. The number of aryl methyl sites for hydroxylation is 2. The molecule has 0 spiro atoms. The SMILES string of the molecule is COc1ccc(S(=O)(=O)N(Cc2ccncc2)c2c(OC(=O)NO)cnc3c2c(C)nn3C)cc1.